The summed E-state index contributed by atoms with van der Waals surface area (Å²) in [5.41, 5.74) is 2.98. The number of ether oxygens (including phenoxy) is 1. The van der Waals surface area contributed by atoms with E-state index in [0.717, 1.165) is 5.56 Å². The van der Waals surface area contributed by atoms with Gasteiger partial charge in [-0.15, -0.1) is 0 Å². The zero-order chi connectivity index (χ0) is 21.8. The van der Waals surface area contributed by atoms with E-state index in [-0.39, 0.29) is 18.2 Å². The van der Waals surface area contributed by atoms with Crippen molar-refractivity contribution in [1.29, 1.82) is 0 Å². The van der Waals surface area contributed by atoms with E-state index in [1.54, 1.807) is 36.5 Å². The van der Waals surface area contributed by atoms with Crippen molar-refractivity contribution >= 4 is 17.4 Å². The third kappa shape index (κ3) is 4.52. The van der Waals surface area contributed by atoms with Crippen LogP contribution in [0.3, 0.4) is 0 Å². The SMILES string of the molecule is Cc1ccnc(NC(=O)c2cnc3ccc(-c4ccccc4OCC(O)CO)nn23)c1. The molecule has 3 heterocycles. The number of aryl methyl sites for hydroxylation is 1. The molecule has 9 heteroatoms. The molecule has 0 aliphatic rings. The van der Waals surface area contributed by atoms with Gasteiger partial charge in [0, 0.05) is 11.8 Å². The van der Waals surface area contributed by atoms with Crippen molar-refractivity contribution in [2.24, 2.45) is 0 Å². The summed E-state index contributed by atoms with van der Waals surface area (Å²) in [6.07, 6.45) is 2.10. The Kier molecular flexibility index (Phi) is 5.87. The Balaban J connectivity index is 1.65. The number of hydrogen-bond acceptors (Lipinski definition) is 7. The number of carbonyl (C=O) groups excluding carboxylic acids is 1. The fourth-order valence-electron chi connectivity index (χ4n) is 3.00. The molecule has 0 spiro atoms. The normalized spacial score (nSPS) is 12.0. The quantitative estimate of drug-likeness (QED) is 0.419. The third-order valence-electron chi connectivity index (χ3n) is 4.56. The summed E-state index contributed by atoms with van der Waals surface area (Å²) in [6, 6.07) is 14.3. The van der Waals surface area contributed by atoms with Gasteiger partial charge in [0.1, 0.15) is 24.3 Å². The number of nitrogens with zero attached hydrogens (tertiary/aromatic N) is 4. The van der Waals surface area contributed by atoms with E-state index >= 15 is 0 Å². The molecule has 3 N–H and O–H groups in total. The summed E-state index contributed by atoms with van der Waals surface area (Å²) in [5, 5.41) is 25.9. The first kappa shape index (κ1) is 20.5. The van der Waals surface area contributed by atoms with Crippen LogP contribution in [0.15, 0.2) is 60.9 Å². The highest BCUT2D eigenvalue weighted by atomic mass is 16.5. The average Bonchev–Trinajstić information content (AvgIpc) is 3.21. The van der Waals surface area contributed by atoms with Crippen LogP contribution in [0.2, 0.25) is 0 Å². The first-order valence-electron chi connectivity index (χ1n) is 9.65. The van der Waals surface area contributed by atoms with Crippen LogP contribution >= 0.6 is 0 Å². The number of aromatic nitrogens is 4. The topological polar surface area (TPSA) is 122 Å². The Morgan fingerprint density at radius 2 is 2.03 bits per heavy atom. The molecule has 158 valence electrons. The number of pyridine rings is 1. The number of hydrogen-bond donors (Lipinski definition) is 3. The van der Waals surface area contributed by atoms with Crippen molar-refractivity contribution in [2.45, 2.75) is 13.0 Å². The van der Waals surface area contributed by atoms with Gasteiger partial charge >= 0.3 is 0 Å². The summed E-state index contributed by atoms with van der Waals surface area (Å²) in [7, 11) is 0. The van der Waals surface area contributed by atoms with Crippen LogP contribution in [0.1, 0.15) is 16.1 Å². The number of benzene rings is 1. The van der Waals surface area contributed by atoms with Gasteiger partial charge in [0.05, 0.1) is 18.5 Å². The zero-order valence-electron chi connectivity index (χ0n) is 16.8. The van der Waals surface area contributed by atoms with Gasteiger partial charge in [0.2, 0.25) is 0 Å². The van der Waals surface area contributed by atoms with E-state index in [1.807, 2.05) is 25.1 Å². The summed E-state index contributed by atoms with van der Waals surface area (Å²) in [5.74, 6) is 0.556. The van der Waals surface area contributed by atoms with Crippen LogP contribution in [-0.4, -0.2) is 55.0 Å². The molecule has 1 unspecified atom stereocenters. The van der Waals surface area contributed by atoms with E-state index < -0.39 is 12.7 Å². The largest absolute Gasteiger partial charge is 0.490 e. The van der Waals surface area contributed by atoms with Crippen LogP contribution in [0.25, 0.3) is 16.9 Å². The molecule has 31 heavy (non-hydrogen) atoms. The maximum Gasteiger partial charge on any atom is 0.277 e. The highest BCUT2D eigenvalue weighted by Gasteiger charge is 2.16. The molecule has 9 nitrogen and oxygen atoms in total. The summed E-state index contributed by atoms with van der Waals surface area (Å²) in [4.78, 5) is 21.2. The maximum absolute atomic E-state index is 12.8. The van der Waals surface area contributed by atoms with Crippen LogP contribution in [0.5, 0.6) is 5.75 Å². The molecule has 1 atom stereocenters. The van der Waals surface area contributed by atoms with Crippen LogP contribution < -0.4 is 10.1 Å². The smallest absolute Gasteiger partial charge is 0.277 e. The molecule has 0 saturated carbocycles. The van der Waals surface area contributed by atoms with Gasteiger partial charge in [-0.25, -0.2) is 14.5 Å². The third-order valence-corrected chi connectivity index (χ3v) is 4.56. The van der Waals surface area contributed by atoms with E-state index in [2.05, 4.69) is 20.4 Å². The maximum atomic E-state index is 12.8. The number of anilines is 1. The van der Waals surface area contributed by atoms with E-state index in [1.165, 1.54) is 10.7 Å². The first-order chi connectivity index (χ1) is 15.0. The van der Waals surface area contributed by atoms with Crippen LogP contribution in [-0.2, 0) is 0 Å². The van der Waals surface area contributed by atoms with Crippen molar-refractivity contribution in [1.82, 2.24) is 19.6 Å². The average molecular weight is 419 g/mol. The van der Waals surface area contributed by atoms with Crippen molar-refractivity contribution < 1.29 is 19.7 Å². The number of amides is 1. The number of nitrogens with one attached hydrogen (secondary N) is 1. The molecule has 0 aliphatic carbocycles. The number of aliphatic hydroxyl groups is 2. The minimum Gasteiger partial charge on any atom is -0.490 e. The van der Waals surface area contributed by atoms with Gasteiger partial charge in [-0.3, -0.25) is 4.79 Å². The molecule has 0 radical (unpaired) electrons. The van der Waals surface area contributed by atoms with Gasteiger partial charge in [0.15, 0.2) is 11.3 Å². The monoisotopic (exact) mass is 419 g/mol. The molecule has 1 amide bonds. The number of fused-ring (bicyclic) bond motifs is 1. The Morgan fingerprint density at radius 3 is 2.84 bits per heavy atom. The second kappa shape index (κ2) is 8.90. The number of carbonyl (C=O) groups is 1. The molecule has 1 aromatic carbocycles. The summed E-state index contributed by atoms with van der Waals surface area (Å²) >= 11 is 0. The lowest BCUT2D eigenvalue weighted by molar-refractivity contribution is 0.0538. The molecule has 4 rings (SSSR count). The van der Waals surface area contributed by atoms with E-state index in [0.29, 0.717) is 28.5 Å². The number of rotatable bonds is 7. The van der Waals surface area contributed by atoms with Crippen LogP contribution in [0.4, 0.5) is 5.82 Å². The second-order valence-electron chi connectivity index (χ2n) is 6.95. The second-order valence-corrected chi connectivity index (χ2v) is 6.95. The highest BCUT2D eigenvalue weighted by Crippen LogP contribution is 2.28. The Bertz CT molecular complexity index is 1220. The fourth-order valence-corrected chi connectivity index (χ4v) is 3.00. The standard InChI is InChI=1S/C22H21N5O4/c1-14-8-9-23-20(10-14)25-22(30)18-11-24-21-7-6-17(26-27(18)21)16-4-2-3-5-19(16)31-13-15(29)12-28/h2-11,15,28-29H,12-13H2,1H3,(H,23,25,30). The van der Waals surface area contributed by atoms with Gasteiger partial charge in [-0.1, -0.05) is 12.1 Å². The van der Waals surface area contributed by atoms with E-state index in [4.69, 9.17) is 9.84 Å². The van der Waals surface area contributed by atoms with Gasteiger partial charge < -0.3 is 20.3 Å². The predicted molar refractivity (Wildman–Crippen MR) is 114 cm³/mol. The van der Waals surface area contributed by atoms with E-state index in [9.17, 15) is 9.90 Å². The number of imidazole rings is 1. The molecule has 0 fully saturated rings. The molecule has 0 aliphatic heterocycles. The molecule has 0 saturated heterocycles. The molecule has 4 aromatic rings. The van der Waals surface area contributed by atoms with Gasteiger partial charge in [-0.2, -0.15) is 5.10 Å². The van der Waals surface area contributed by atoms with Gasteiger partial charge in [-0.05, 0) is 48.9 Å². The number of para-hydroxylation sites is 1. The summed E-state index contributed by atoms with van der Waals surface area (Å²) in [6.45, 7) is 1.46. The minimum absolute atomic E-state index is 0.0576. The Labute approximate surface area is 178 Å². The van der Waals surface area contributed by atoms with Crippen molar-refractivity contribution in [2.75, 3.05) is 18.5 Å². The Hall–Kier alpha value is -3.82. The lowest BCUT2D eigenvalue weighted by Crippen LogP contribution is -2.21. The molecule has 3 aromatic heterocycles. The van der Waals surface area contributed by atoms with Crippen molar-refractivity contribution in [3.8, 4) is 17.0 Å². The fraction of sp³-hybridized carbons (Fsp3) is 0.182. The van der Waals surface area contributed by atoms with Gasteiger partial charge in [0.25, 0.3) is 5.91 Å². The Morgan fingerprint density at radius 1 is 1.19 bits per heavy atom. The first-order valence-corrected chi connectivity index (χ1v) is 9.65. The lowest BCUT2D eigenvalue weighted by atomic mass is 10.1. The molecular formula is C22H21N5O4. The molecular weight excluding hydrogens is 398 g/mol. The van der Waals surface area contributed by atoms with Crippen molar-refractivity contribution in [3.63, 3.8) is 0 Å². The minimum atomic E-state index is -0.984. The lowest BCUT2D eigenvalue weighted by Gasteiger charge is -2.13. The summed E-state index contributed by atoms with van der Waals surface area (Å²) < 4.78 is 7.10. The number of aliphatic hydroxyl groups excluding tert-OH is 2. The molecule has 0 bridgehead atoms. The van der Waals surface area contributed by atoms with Crippen LogP contribution in [0, 0.1) is 6.92 Å². The zero-order valence-corrected chi connectivity index (χ0v) is 16.8. The van der Waals surface area contributed by atoms with Crippen molar-refractivity contribution in [3.05, 3.63) is 72.2 Å². The highest BCUT2D eigenvalue weighted by molar-refractivity contribution is 6.02. The predicted octanol–water partition coefficient (Wildman–Crippen LogP) is 2.08.